The lowest BCUT2D eigenvalue weighted by Crippen LogP contribution is -2.55. The SMILES string of the molecule is CCC(C)[C@@H]([C@@H](CC(=O)N1CCC[C@H]1[C@H](OC)[C@@H](C)C(=O)N[C@H](C)[C@@H](O)c1ccccc1)OC)N(C)C(=O)CNC(=O)C(C(C)C)N(C)C. The number of benzene rings is 1. The Bertz CT molecular complexity index is 1190. The van der Waals surface area contributed by atoms with Crippen molar-refractivity contribution in [3.63, 3.8) is 0 Å². The molecule has 49 heavy (non-hydrogen) atoms. The summed E-state index contributed by atoms with van der Waals surface area (Å²) >= 11 is 0. The van der Waals surface area contributed by atoms with Gasteiger partial charge in [0.05, 0.1) is 61.4 Å². The number of rotatable bonds is 19. The van der Waals surface area contributed by atoms with E-state index in [9.17, 15) is 24.3 Å². The van der Waals surface area contributed by atoms with Crippen molar-refractivity contribution in [2.24, 2.45) is 17.8 Å². The van der Waals surface area contributed by atoms with Crippen molar-refractivity contribution in [2.45, 2.75) is 110 Å². The second-order valence-electron chi connectivity index (χ2n) is 14.2. The first-order valence-corrected chi connectivity index (χ1v) is 17.7. The van der Waals surface area contributed by atoms with Crippen LogP contribution in [0, 0.1) is 17.8 Å². The Morgan fingerprint density at radius 2 is 1.61 bits per heavy atom. The van der Waals surface area contributed by atoms with E-state index in [0.29, 0.717) is 18.5 Å². The number of likely N-dealkylation sites (N-methyl/N-ethyl adjacent to an activating group) is 2. The van der Waals surface area contributed by atoms with Gasteiger partial charge in [0.15, 0.2) is 0 Å². The number of amides is 4. The molecule has 1 aromatic carbocycles. The van der Waals surface area contributed by atoms with E-state index in [4.69, 9.17) is 9.47 Å². The van der Waals surface area contributed by atoms with Gasteiger partial charge < -0.3 is 35.0 Å². The van der Waals surface area contributed by atoms with E-state index >= 15 is 0 Å². The number of ether oxygens (including phenoxy) is 2. The first kappa shape index (κ1) is 42.1. The lowest BCUT2D eigenvalue weighted by Gasteiger charge is -2.39. The second kappa shape index (κ2) is 20.0. The number of hydrogen-bond donors (Lipinski definition) is 3. The van der Waals surface area contributed by atoms with E-state index in [1.54, 1.807) is 44.9 Å². The molecule has 2 rings (SSSR count). The summed E-state index contributed by atoms with van der Waals surface area (Å²) in [5.74, 6) is -1.40. The summed E-state index contributed by atoms with van der Waals surface area (Å²) in [6, 6.07) is 7.54. The number of hydrogen-bond acceptors (Lipinski definition) is 8. The molecule has 0 bridgehead atoms. The highest BCUT2D eigenvalue weighted by Gasteiger charge is 2.42. The Labute approximate surface area is 294 Å². The maximum Gasteiger partial charge on any atom is 0.242 e. The number of carbonyl (C=O) groups is 4. The molecule has 4 amide bonds. The molecule has 1 aliphatic rings. The summed E-state index contributed by atoms with van der Waals surface area (Å²) in [6.45, 7) is 11.9. The highest BCUT2D eigenvalue weighted by atomic mass is 16.5. The van der Waals surface area contributed by atoms with Crippen molar-refractivity contribution in [3.8, 4) is 0 Å². The summed E-state index contributed by atoms with van der Waals surface area (Å²) in [7, 11) is 8.48. The first-order chi connectivity index (χ1) is 23.1. The quantitative estimate of drug-likeness (QED) is 0.202. The third-order valence-electron chi connectivity index (χ3n) is 10.2. The van der Waals surface area contributed by atoms with Gasteiger partial charge in [-0.2, -0.15) is 0 Å². The average Bonchev–Trinajstić information content (AvgIpc) is 3.56. The molecule has 0 radical (unpaired) electrons. The van der Waals surface area contributed by atoms with E-state index < -0.39 is 36.3 Å². The molecule has 0 aliphatic carbocycles. The van der Waals surface area contributed by atoms with E-state index in [1.807, 2.05) is 77.0 Å². The van der Waals surface area contributed by atoms with Crippen LogP contribution in [0.1, 0.15) is 78.9 Å². The van der Waals surface area contributed by atoms with Crippen molar-refractivity contribution >= 4 is 23.6 Å². The van der Waals surface area contributed by atoms with E-state index in [1.165, 1.54) is 0 Å². The zero-order chi connectivity index (χ0) is 37.0. The van der Waals surface area contributed by atoms with Crippen molar-refractivity contribution in [1.82, 2.24) is 25.3 Å². The fourth-order valence-corrected chi connectivity index (χ4v) is 7.22. The maximum atomic E-state index is 14.0. The van der Waals surface area contributed by atoms with Crippen LogP contribution in [0.4, 0.5) is 0 Å². The van der Waals surface area contributed by atoms with Crippen LogP contribution < -0.4 is 10.6 Å². The standard InChI is InChI=1S/C37H63N5O7/c1-12-24(4)33(41(9)31(44)22-38-37(47)32(23(2)3)40(7)8)29(48-10)21-30(43)42-20-16-19-28(42)35(49-11)25(5)36(46)39-26(6)34(45)27-17-14-13-15-18-27/h13-15,17-18,23-26,28-29,32-35,45H,12,16,19-22H2,1-11H3,(H,38,47)(H,39,46)/t24?,25-,26-,28+,29-,32?,33+,34-,35-/m1/s1. The molecule has 1 heterocycles. The number of aliphatic hydroxyl groups excluding tert-OH is 1. The van der Waals surface area contributed by atoms with Crippen molar-refractivity contribution in [3.05, 3.63) is 35.9 Å². The molecule has 0 spiro atoms. The smallest absolute Gasteiger partial charge is 0.242 e. The van der Waals surface area contributed by atoms with Crippen molar-refractivity contribution in [1.29, 1.82) is 0 Å². The van der Waals surface area contributed by atoms with Crippen LogP contribution in [0.25, 0.3) is 0 Å². The van der Waals surface area contributed by atoms with Crippen molar-refractivity contribution < 1.29 is 33.8 Å². The molecular weight excluding hydrogens is 626 g/mol. The van der Waals surface area contributed by atoms with Crippen LogP contribution in [-0.4, -0.2) is 128 Å². The van der Waals surface area contributed by atoms with Crippen LogP contribution in [-0.2, 0) is 28.7 Å². The highest BCUT2D eigenvalue weighted by molar-refractivity contribution is 5.87. The normalized spacial score (nSPS) is 19.8. The number of nitrogens with zero attached hydrogens (tertiary/aromatic N) is 3. The molecule has 278 valence electrons. The molecule has 12 heteroatoms. The molecule has 1 fully saturated rings. The third-order valence-corrected chi connectivity index (χ3v) is 10.2. The summed E-state index contributed by atoms with van der Waals surface area (Å²) in [4.78, 5) is 58.9. The second-order valence-corrected chi connectivity index (χ2v) is 14.2. The van der Waals surface area contributed by atoms with Crippen LogP contribution >= 0.6 is 0 Å². The van der Waals surface area contributed by atoms with Gasteiger partial charge in [0.2, 0.25) is 23.6 Å². The van der Waals surface area contributed by atoms with Gasteiger partial charge in [-0.3, -0.25) is 24.1 Å². The maximum absolute atomic E-state index is 14.0. The topological polar surface area (TPSA) is 141 Å². The first-order valence-electron chi connectivity index (χ1n) is 17.7. The molecule has 0 aromatic heterocycles. The fourth-order valence-electron chi connectivity index (χ4n) is 7.22. The monoisotopic (exact) mass is 689 g/mol. The zero-order valence-electron chi connectivity index (χ0n) is 31.6. The number of nitrogens with one attached hydrogen (secondary N) is 2. The fraction of sp³-hybridized carbons (Fsp3) is 0.730. The summed E-state index contributed by atoms with van der Waals surface area (Å²) in [5, 5.41) is 16.5. The van der Waals surface area contributed by atoms with E-state index in [0.717, 1.165) is 12.8 Å². The molecule has 9 atom stereocenters. The van der Waals surface area contributed by atoms with Gasteiger partial charge in [-0.15, -0.1) is 0 Å². The number of methoxy groups -OCH3 is 2. The van der Waals surface area contributed by atoms with Crippen LogP contribution in [0.2, 0.25) is 0 Å². The minimum atomic E-state index is -0.872. The van der Waals surface area contributed by atoms with Gasteiger partial charge >= 0.3 is 0 Å². The minimum absolute atomic E-state index is 0.00522. The Kier molecular flexibility index (Phi) is 17.1. The predicted octanol–water partition coefficient (Wildman–Crippen LogP) is 2.85. The van der Waals surface area contributed by atoms with Crippen LogP contribution in [0.15, 0.2) is 30.3 Å². The predicted molar refractivity (Wildman–Crippen MR) is 190 cm³/mol. The number of likely N-dealkylation sites (tertiary alicyclic amines) is 1. The summed E-state index contributed by atoms with van der Waals surface area (Å²) < 4.78 is 11.8. The Morgan fingerprint density at radius 3 is 2.14 bits per heavy atom. The largest absolute Gasteiger partial charge is 0.386 e. The highest BCUT2D eigenvalue weighted by Crippen LogP contribution is 2.29. The number of carbonyl (C=O) groups excluding carboxylic acids is 4. The number of aliphatic hydroxyl groups is 1. The molecule has 3 N–H and O–H groups in total. The third kappa shape index (κ3) is 11.2. The minimum Gasteiger partial charge on any atom is -0.386 e. The van der Waals surface area contributed by atoms with Gasteiger partial charge in [0, 0.05) is 27.8 Å². The molecule has 1 saturated heterocycles. The van der Waals surface area contributed by atoms with Gasteiger partial charge in [-0.1, -0.05) is 71.4 Å². The Balaban J connectivity index is 2.15. The summed E-state index contributed by atoms with van der Waals surface area (Å²) in [5.41, 5.74) is 0.711. The molecule has 12 nitrogen and oxygen atoms in total. The average molecular weight is 690 g/mol. The van der Waals surface area contributed by atoms with Crippen LogP contribution in [0.3, 0.4) is 0 Å². The zero-order valence-corrected chi connectivity index (χ0v) is 31.6. The molecule has 0 saturated carbocycles. The van der Waals surface area contributed by atoms with Gasteiger partial charge in [-0.05, 0) is 51.3 Å². The summed E-state index contributed by atoms with van der Waals surface area (Å²) in [6.07, 6.45) is 0.203. The molecule has 2 unspecified atom stereocenters. The van der Waals surface area contributed by atoms with E-state index in [2.05, 4.69) is 10.6 Å². The van der Waals surface area contributed by atoms with E-state index in [-0.39, 0.29) is 60.5 Å². The van der Waals surface area contributed by atoms with Crippen LogP contribution in [0.5, 0.6) is 0 Å². The molecular formula is C37H63N5O7. The molecule has 1 aliphatic heterocycles. The van der Waals surface area contributed by atoms with Crippen molar-refractivity contribution in [2.75, 3.05) is 48.5 Å². The Hall–Kier alpha value is -3.06. The van der Waals surface area contributed by atoms with Gasteiger partial charge in [0.1, 0.15) is 0 Å². The lowest BCUT2D eigenvalue weighted by atomic mass is 9.90. The molecule has 1 aromatic rings. The Morgan fingerprint density at radius 1 is 0.980 bits per heavy atom. The lowest BCUT2D eigenvalue weighted by molar-refractivity contribution is -0.146. The van der Waals surface area contributed by atoms with Gasteiger partial charge in [0.25, 0.3) is 0 Å². The van der Waals surface area contributed by atoms with Gasteiger partial charge in [-0.25, -0.2) is 0 Å².